The highest BCUT2D eigenvalue weighted by atomic mass is 16.6. The molecule has 0 aromatic heterocycles. The summed E-state index contributed by atoms with van der Waals surface area (Å²) in [6.07, 6.45) is -6.91. The number of carbonyl (C=O) groups is 4. The van der Waals surface area contributed by atoms with Crippen molar-refractivity contribution in [3.63, 3.8) is 0 Å². The maximum Gasteiger partial charge on any atom is 0.314 e. The molecule has 1 fully saturated rings. The minimum Gasteiger partial charge on any atom is -0.481 e. The van der Waals surface area contributed by atoms with E-state index in [0.29, 0.717) is 0 Å². The second-order valence-electron chi connectivity index (χ2n) is 9.14. The van der Waals surface area contributed by atoms with E-state index in [1.165, 1.54) is 6.92 Å². The van der Waals surface area contributed by atoms with Crippen LogP contribution in [0.1, 0.15) is 34.1 Å². The van der Waals surface area contributed by atoms with E-state index in [-0.39, 0.29) is 12.5 Å². The second kappa shape index (κ2) is 13.2. The minimum absolute atomic E-state index is 0.339. The molecule has 35 heavy (non-hydrogen) atoms. The van der Waals surface area contributed by atoms with Crippen molar-refractivity contribution < 1.29 is 49.1 Å². The third-order valence-electron chi connectivity index (χ3n) is 6.00. The van der Waals surface area contributed by atoms with Crippen LogP contribution >= 0.6 is 0 Å². The number of rotatable bonds is 13. The molecule has 202 valence electrons. The molecule has 1 rings (SSSR count). The van der Waals surface area contributed by atoms with Crippen LogP contribution in [0.15, 0.2) is 0 Å². The van der Waals surface area contributed by atoms with Gasteiger partial charge in [0.15, 0.2) is 6.29 Å². The number of carboxylic acid groups (broad SMARTS) is 1. The summed E-state index contributed by atoms with van der Waals surface area (Å²) in [6.45, 7) is 4.90. The molecule has 0 aromatic carbocycles. The van der Waals surface area contributed by atoms with E-state index in [0.717, 1.165) is 11.8 Å². The van der Waals surface area contributed by atoms with Crippen molar-refractivity contribution in [2.24, 2.45) is 29.0 Å². The molecule has 14 nitrogen and oxygen atoms in total. The Morgan fingerprint density at radius 1 is 1.14 bits per heavy atom. The lowest BCUT2D eigenvalue weighted by molar-refractivity contribution is -0.263. The summed E-state index contributed by atoms with van der Waals surface area (Å²) in [5, 5.41) is 39.2. The SMILES string of the molecule is CC(=O)C(C[C@H](C(N)=O)N(CC(C)O[C@@H]1[C@@H](N)[C@@H](O)O[C@H](CO)[C@H]1O)C(=O)[C@@H](N)C(C)C)C(=O)O. The monoisotopic (exact) mass is 506 g/mol. The average Bonchev–Trinajstić information content (AvgIpc) is 2.76. The van der Waals surface area contributed by atoms with E-state index in [1.54, 1.807) is 13.8 Å². The quantitative estimate of drug-likeness (QED) is 0.120. The predicted molar refractivity (Wildman–Crippen MR) is 120 cm³/mol. The largest absolute Gasteiger partial charge is 0.481 e. The first-order chi connectivity index (χ1) is 16.1. The molecule has 0 saturated carbocycles. The number of carbonyl (C=O) groups excluding carboxylic acids is 3. The van der Waals surface area contributed by atoms with Crippen molar-refractivity contribution in [2.45, 2.75) is 82.9 Å². The number of ether oxygens (including phenoxy) is 2. The Labute approximate surface area is 203 Å². The summed E-state index contributed by atoms with van der Waals surface area (Å²) in [7, 11) is 0. The Balaban J connectivity index is 3.26. The van der Waals surface area contributed by atoms with Gasteiger partial charge in [-0.25, -0.2) is 0 Å². The summed E-state index contributed by atoms with van der Waals surface area (Å²) < 4.78 is 10.8. The van der Waals surface area contributed by atoms with Gasteiger partial charge in [-0.15, -0.1) is 0 Å². The minimum atomic E-state index is -1.60. The van der Waals surface area contributed by atoms with Crippen LogP contribution in [0.5, 0.6) is 0 Å². The molecule has 14 heteroatoms. The Bertz CT molecular complexity index is 752. The maximum atomic E-state index is 13.2. The van der Waals surface area contributed by atoms with Gasteiger partial charge in [-0.05, 0) is 26.2 Å². The molecule has 1 aliphatic rings. The molecular formula is C21H38N4O10. The molecule has 9 atom stereocenters. The van der Waals surface area contributed by atoms with Crippen LogP contribution in [0.25, 0.3) is 0 Å². The number of hydrogen-bond donors (Lipinski definition) is 7. The van der Waals surface area contributed by atoms with Gasteiger partial charge in [0.05, 0.1) is 24.8 Å². The van der Waals surface area contributed by atoms with Gasteiger partial charge >= 0.3 is 5.97 Å². The molecule has 10 N–H and O–H groups in total. The van der Waals surface area contributed by atoms with E-state index in [9.17, 15) is 39.6 Å². The van der Waals surface area contributed by atoms with E-state index >= 15 is 0 Å². The summed E-state index contributed by atoms with van der Waals surface area (Å²) in [4.78, 5) is 49.9. The van der Waals surface area contributed by atoms with Crippen LogP contribution in [0.2, 0.25) is 0 Å². The van der Waals surface area contributed by atoms with Crippen molar-refractivity contribution in [1.82, 2.24) is 4.90 Å². The third-order valence-corrected chi connectivity index (χ3v) is 6.00. The number of nitrogens with zero attached hydrogens (tertiary/aromatic N) is 1. The lowest BCUT2D eigenvalue weighted by Crippen LogP contribution is -2.64. The fourth-order valence-electron chi connectivity index (χ4n) is 3.77. The first kappa shape index (κ1) is 30.8. The van der Waals surface area contributed by atoms with Crippen LogP contribution in [-0.4, -0.2) is 111 Å². The van der Waals surface area contributed by atoms with Crippen LogP contribution in [0.3, 0.4) is 0 Å². The molecule has 1 heterocycles. The number of aliphatic carboxylic acids is 1. The smallest absolute Gasteiger partial charge is 0.314 e. The predicted octanol–water partition coefficient (Wildman–Crippen LogP) is -3.50. The molecule has 2 unspecified atom stereocenters. The zero-order valence-electron chi connectivity index (χ0n) is 20.3. The number of Topliss-reactive ketones (excluding diaryl/α,β-unsaturated/α-hetero) is 1. The van der Waals surface area contributed by atoms with E-state index in [4.69, 9.17) is 26.7 Å². The van der Waals surface area contributed by atoms with Crippen molar-refractivity contribution in [2.75, 3.05) is 13.2 Å². The zero-order chi connectivity index (χ0) is 27.2. The van der Waals surface area contributed by atoms with Crippen LogP contribution in [0, 0.1) is 11.8 Å². The number of hydrogen-bond acceptors (Lipinski definition) is 11. The number of ketones is 1. The zero-order valence-corrected chi connectivity index (χ0v) is 20.3. The number of nitrogens with two attached hydrogens (primary N) is 3. The van der Waals surface area contributed by atoms with Crippen molar-refractivity contribution >= 4 is 23.6 Å². The lowest BCUT2D eigenvalue weighted by atomic mass is 9.93. The molecule has 0 spiro atoms. The van der Waals surface area contributed by atoms with Crippen LogP contribution < -0.4 is 17.2 Å². The fourth-order valence-corrected chi connectivity index (χ4v) is 3.77. The van der Waals surface area contributed by atoms with Crippen molar-refractivity contribution in [3.8, 4) is 0 Å². The van der Waals surface area contributed by atoms with E-state index < -0.39 is 91.3 Å². The van der Waals surface area contributed by atoms with Gasteiger partial charge in [0.2, 0.25) is 11.8 Å². The lowest BCUT2D eigenvalue weighted by Gasteiger charge is -2.42. The number of amides is 2. The van der Waals surface area contributed by atoms with Gasteiger partial charge in [-0.3, -0.25) is 19.2 Å². The highest BCUT2D eigenvalue weighted by Gasteiger charge is 2.45. The molecule has 0 aliphatic carbocycles. The molecule has 1 saturated heterocycles. The molecule has 0 aromatic rings. The van der Waals surface area contributed by atoms with Gasteiger partial charge in [-0.2, -0.15) is 0 Å². The van der Waals surface area contributed by atoms with Gasteiger partial charge in [-0.1, -0.05) is 13.8 Å². The average molecular weight is 507 g/mol. The van der Waals surface area contributed by atoms with Crippen LogP contribution in [-0.2, 0) is 28.7 Å². The molecule has 0 bridgehead atoms. The van der Waals surface area contributed by atoms with E-state index in [1.807, 2.05) is 0 Å². The number of carboxylic acids is 1. The van der Waals surface area contributed by atoms with Gasteiger partial charge in [0.1, 0.15) is 36.1 Å². The number of primary amides is 1. The first-order valence-electron chi connectivity index (χ1n) is 11.3. The second-order valence-corrected chi connectivity index (χ2v) is 9.14. The Kier molecular flexibility index (Phi) is 11.6. The summed E-state index contributed by atoms with van der Waals surface area (Å²) in [5.41, 5.74) is 17.4. The summed E-state index contributed by atoms with van der Waals surface area (Å²) in [5.74, 6) is -5.93. The van der Waals surface area contributed by atoms with Crippen molar-refractivity contribution in [3.05, 3.63) is 0 Å². The third kappa shape index (κ3) is 7.90. The van der Waals surface area contributed by atoms with Crippen LogP contribution in [0.4, 0.5) is 0 Å². The fraction of sp³-hybridized carbons (Fsp3) is 0.810. The maximum absolute atomic E-state index is 13.2. The highest BCUT2D eigenvalue weighted by Crippen LogP contribution is 2.24. The Morgan fingerprint density at radius 2 is 1.71 bits per heavy atom. The highest BCUT2D eigenvalue weighted by molar-refractivity contribution is 5.98. The van der Waals surface area contributed by atoms with Crippen molar-refractivity contribution in [1.29, 1.82) is 0 Å². The Morgan fingerprint density at radius 3 is 2.14 bits per heavy atom. The number of aliphatic hydroxyl groups excluding tert-OH is 3. The topological polar surface area (TPSA) is 249 Å². The van der Waals surface area contributed by atoms with Gasteiger partial charge < -0.3 is 52.0 Å². The van der Waals surface area contributed by atoms with E-state index in [2.05, 4.69) is 0 Å². The molecular weight excluding hydrogens is 468 g/mol. The standard InChI is InChI=1S/C21H38N4O10/c1-8(2)14(22)19(30)25(12(18(24)29)5-11(10(4)27)20(31)32)6-9(3)34-17-15(23)21(33)35-13(7-26)16(17)28/h8-9,11-17,21,26,28,33H,5-7,22-23H2,1-4H3,(H2,24,29)(H,31,32)/t9?,11?,12-,13-,14+,15-,16-,17-,21+/m1/s1. The molecule has 0 radical (unpaired) electrons. The first-order valence-corrected chi connectivity index (χ1v) is 11.3. The molecule has 2 amide bonds. The summed E-state index contributed by atoms with van der Waals surface area (Å²) >= 11 is 0. The number of aliphatic hydroxyl groups is 3. The normalized spacial score (nSPS) is 28.1. The van der Waals surface area contributed by atoms with Gasteiger partial charge in [0, 0.05) is 6.54 Å². The molecule has 1 aliphatic heterocycles. The van der Waals surface area contributed by atoms with Gasteiger partial charge in [0.25, 0.3) is 0 Å². The Hall–Kier alpha value is -2.20. The summed E-state index contributed by atoms with van der Waals surface area (Å²) in [6, 6.07) is -3.80.